The lowest BCUT2D eigenvalue weighted by Crippen LogP contribution is -2.47. The second-order valence-corrected chi connectivity index (χ2v) is 5.99. The van der Waals surface area contributed by atoms with Gasteiger partial charge >= 0.3 is 0 Å². The van der Waals surface area contributed by atoms with Gasteiger partial charge in [-0.25, -0.2) is 0 Å². The Bertz CT molecular complexity index is 242. The largest absolute Gasteiger partial charge is 0.350 e. The van der Waals surface area contributed by atoms with Crippen LogP contribution in [0.4, 0.5) is 0 Å². The monoisotopic (exact) mass is 259 g/mol. The SMILES string of the molecule is CC(C)(CBr)NC(=O)C1CC2CC2C1. The van der Waals surface area contributed by atoms with Crippen LogP contribution in [0.25, 0.3) is 0 Å². The first-order valence-electron chi connectivity index (χ1n) is 5.40. The van der Waals surface area contributed by atoms with Crippen LogP contribution < -0.4 is 5.32 Å². The lowest BCUT2D eigenvalue weighted by molar-refractivity contribution is -0.126. The van der Waals surface area contributed by atoms with Crippen LogP contribution in [0.5, 0.6) is 0 Å². The molecule has 2 aliphatic rings. The third-order valence-corrected chi connectivity index (χ3v) is 4.81. The average molecular weight is 260 g/mol. The molecule has 2 rings (SSSR count). The van der Waals surface area contributed by atoms with Crippen LogP contribution in [0.1, 0.15) is 33.1 Å². The Morgan fingerprint density at radius 2 is 1.93 bits per heavy atom. The summed E-state index contributed by atoms with van der Waals surface area (Å²) in [7, 11) is 0. The summed E-state index contributed by atoms with van der Waals surface area (Å²) < 4.78 is 0. The molecule has 0 spiro atoms. The molecule has 0 heterocycles. The van der Waals surface area contributed by atoms with Crippen molar-refractivity contribution in [3.63, 3.8) is 0 Å². The minimum Gasteiger partial charge on any atom is -0.350 e. The number of carbonyl (C=O) groups excluding carboxylic acids is 1. The van der Waals surface area contributed by atoms with E-state index < -0.39 is 0 Å². The topological polar surface area (TPSA) is 29.1 Å². The summed E-state index contributed by atoms with van der Waals surface area (Å²) in [6.45, 7) is 4.10. The predicted molar refractivity (Wildman–Crippen MR) is 60.3 cm³/mol. The highest BCUT2D eigenvalue weighted by molar-refractivity contribution is 9.09. The number of halogens is 1. The van der Waals surface area contributed by atoms with Gasteiger partial charge in [0.2, 0.25) is 5.91 Å². The highest BCUT2D eigenvalue weighted by atomic mass is 79.9. The van der Waals surface area contributed by atoms with E-state index >= 15 is 0 Å². The van der Waals surface area contributed by atoms with E-state index in [1.807, 2.05) is 0 Å². The van der Waals surface area contributed by atoms with Crippen LogP contribution in [0.2, 0.25) is 0 Å². The van der Waals surface area contributed by atoms with Gasteiger partial charge in [0.25, 0.3) is 0 Å². The predicted octanol–water partition coefficient (Wildman–Crippen LogP) is 2.32. The fraction of sp³-hybridized carbons (Fsp3) is 0.909. The zero-order chi connectivity index (χ0) is 10.3. The minimum absolute atomic E-state index is 0.107. The highest BCUT2D eigenvalue weighted by Gasteiger charge is 2.48. The molecule has 0 bridgehead atoms. The summed E-state index contributed by atoms with van der Waals surface area (Å²) in [5, 5.41) is 3.91. The molecule has 0 saturated heterocycles. The number of nitrogens with one attached hydrogen (secondary N) is 1. The average Bonchev–Trinajstić information content (AvgIpc) is 2.73. The second kappa shape index (κ2) is 3.51. The van der Waals surface area contributed by atoms with E-state index in [4.69, 9.17) is 0 Å². The summed E-state index contributed by atoms with van der Waals surface area (Å²) in [5.41, 5.74) is -0.107. The fourth-order valence-corrected chi connectivity index (χ4v) is 2.54. The third kappa shape index (κ3) is 2.13. The van der Waals surface area contributed by atoms with Gasteiger partial charge in [-0.1, -0.05) is 15.9 Å². The van der Waals surface area contributed by atoms with Crippen LogP contribution in [-0.4, -0.2) is 16.8 Å². The molecule has 2 aliphatic carbocycles. The summed E-state index contributed by atoms with van der Waals surface area (Å²) >= 11 is 3.41. The molecule has 2 saturated carbocycles. The number of carbonyl (C=O) groups is 1. The molecule has 0 aromatic carbocycles. The van der Waals surface area contributed by atoms with Crippen LogP contribution in [0, 0.1) is 17.8 Å². The van der Waals surface area contributed by atoms with Gasteiger partial charge in [-0.3, -0.25) is 4.79 Å². The highest BCUT2D eigenvalue weighted by Crippen LogP contribution is 2.54. The number of fused-ring (bicyclic) bond motifs is 1. The Hall–Kier alpha value is -0.0500. The van der Waals surface area contributed by atoms with Crippen molar-refractivity contribution in [2.75, 3.05) is 5.33 Å². The van der Waals surface area contributed by atoms with Crippen molar-refractivity contribution in [1.82, 2.24) is 5.32 Å². The van der Waals surface area contributed by atoms with Crippen molar-refractivity contribution >= 4 is 21.8 Å². The van der Waals surface area contributed by atoms with Crippen molar-refractivity contribution in [3.05, 3.63) is 0 Å². The van der Waals surface area contributed by atoms with Gasteiger partial charge in [-0.05, 0) is 44.9 Å². The van der Waals surface area contributed by atoms with E-state index in [9.17, 15) is 4.79 Å². The van der Waals surface area contributed by atoms with Gasteiger partial charge in [0.05, 0.1) is 0 Å². The molecule has 1 N–H and O–H groups in total. The van der Waals surface area contributed by atoms with E-state index in [-0.39, 0.29) is 11.4 Å². The van der Waals surface area contributed by atoms with E-state index in [1.54, 1.807) is 0 Å². The molecule has 2 nitrogen and oxygen atoms in total. The molecular formula is C11H18BrNO. The molecule has 1 amide bonds. The molecule has 14 heavy (non-hydrogen) atoms. The quantitative estimate of drug-likeness (QED) is 0.775. The van der Waals surface area contributed by atoms with Crippen molar-refractivity contribution in [1.29, 1.82) is 0 Å². The fourth-order valence-electron chi connectivity index (χ4n) is 2.40. The van der Waals surface area contributed by atoms with Gasteiger partial charge in [0.15, 0.2) is 0 Å². The zero-order valence-electron chi connectivity index (χ0n) is 8.85. The normalized spacial score (nSPS) is 35.2. The number of hydrogen-bond acceptors (Lipinski definition) is 1. The molecule has 2 atom stereocenters. The Labute approximate surface area is 94.0 Å². The lowest BCUT2D eigenvalue weighted by Gasteiger charge is -2.25. The smallest absolute Gasteiger partial charge is 0.223 e. The number of rotatable bonds is 3. The summed E-state index contributed by atoms with van der Waals surface area (Å²) in [6.07, 6.45) is 3.65. The molecule has 3 heteroatoms. The first-order valence-corrected chi connectivity index (χ1v) is 6.52. The Morgan fingerprint density at radius 1 is 1.36 bits per heavy atom. The van der Waals surface area contributed by atoms with E-state index in [1.165, 1.54) is 6.42 Å². The molecule has 0 aliphatic heterocycles. The van der Waals surface area contributed by atoms with Gasteiger partial charge in [0, 0.05) is 16.8 Å². The molecule has 2 unspecified atom stereocenters. The zero-order valence-corrected chi connectivity index (χ0v) is 10.4. The molecule has 0 radical (unpaired) electrons. The number of amides is 1. The maximum absolute atomic E-state index is 11.9. The summed E-state index contributed by atoms with van der Waals surface area (Å²) in [6, 6.07) is 0. The van der Waals surface area contributed by atoms with E-state index in [2.05, 4.69) is 35.1 Å². The van der Waals surface area contributed by atoms with Crippen LogP contribution >= 0.6 is 15.9 Å². The van der Waals surface area contributed by atoms with Gasteiger partial charge in [-0.2, -0.15) is 0 Å². The Kier molecular flexibility index (Phi) is 2.63. The van der Waals surface area contributed by atoms with Crippen molar-refractivity contribution in [2.45, 2.75) is 38.6 Å². The Morgan fingerprint density at radius 3 is 2.43 bits per heavy atom. The first kappa shape index (κ1) is 10.5. The van der Waals surface area contributed by atoms with Gasteiger partial charge < -0.3 is 5.32 Å². The lowest BCUT2D eigenvalue weighted by atomic mass is 10.0. The standard InChI is InChI=1S/C11H18BrNO/c1-11(2,6-12)13-10(14)9-4-7-3-8(7)5-9/h7-9H,3-6H2,1-2H3,(H,13,14). The Balaban J connectivity index is 1.84. The maximum Gasteiger partial charge on any atom is 0.223 e. The third-order valence-electron chi connectivity index (χ3n) is 3.41. The second-order valence-electron chi connectivity index (χ2n) is 5.43. The number of alkyl halides is 1. The van der Waals surface area contributed by atoms with Crippen molar-refractivity contribution < 1.29 is 4.79 Å². The minimum atomic E-state index is -0.107. The molecule has 0 aromatic heterocycles. The van der Waals surface area contributed by atoms with Crippen LogP contribution in [0.3, 0.4) is 0 Å². The van der Waals surface area contributed by atoms with Crippen LogP contribution in [0.15, 0.2) is 0 Å². The van der Waals surface area contributed by atoms with E-state index in [0.29, 0.717) is 5.92 Å². The summed E-state index contributed by atoms with van der Waals surface area (Å²) in [4.78, 5) is 11.9. The number of hydrogen-bond donors (Lipinski definition) is 1. The summed E-state index contributed by atoms with van der Waals surface area (Å²) in [5.74, 6) is 2.34. The molecule has 80 valence electrons. The molecule has 0 aromatic rings. The van der Waals surface area contributed by atoms with Crippen molar-refractivity contribution in [3.8, 4) is 0 Å². The van der Waals surface area contributed by atoms with Gasteiger partial charge in [-0.15, -0.1) is 0 Å². The van der Waals surface area contributed by atoms with Crippen LogP contribution in [-0.2, 0) is 4.79 Å². The van der Waals surface area contributed by atoms with Crippen molar-refractivity contribution in [2.24, 2.45) is 17.8 Å². The first-order chi connectivity index (χ1) is 6.52. The maximum atomic E-state index is 11.9. The molecular weight excluding hydrogens is 242 g/mol. The van der Waals surface area contributed by atoms with Gasteiger partial charge in [0.1, 0.15) is 0 Å². The van der Waals surface area contributed by atoms with E-state index in [0.717, 1.165) is 30.0 Å². The molecule has 2 fully saturated rings.